The average Bonchev–Trinajstić information content (AvgIpc) is 2.69. The van der Waals surface area contributed by atoms with Crippen LogP contribution in [0.15, 0.2) is 30.3 Å². The van der Waals surface area contributed by atoms with Crippen molar-refractivity contribution in [3.63, 3.8) is 0 Å². The SMILES string of the molecule is CCCCc1cc(CCCC)c2c(c1)-c1ccc(CCCC)cc1P(O)O2. The van der Waals surface area contributed by atoms with Crippen molar-refractivity contribution in [1.82, 2.24) is 0 Å². The minimum absolute atomic E-state index is 0.922. The Morgan fingerprint density at radius 3 is 2.15 bits per heavy atom. The van der Waals surface area contributed by atoms with Crippen LogP contribution >= 0.6 is 8.38 Å². The quantitative estimate of drug-likeness (QED) is 0.487. The Morgan fingerprint density at radius 1 is 0.778 bits per heavy atom. The summed E-state index contributed by atoms with van der Waals surface area (Å²) in [7, 11) is -1.58. The Hall–Kier alpha value is -1.37. The maximum Gasteiger partial charge on any atom is 0.262 e. The van der Waals surface area contributed by atoms with Gasteiger partial charge in [0.05, 0.1) is 5.30 Å². The van der Waals surface area contributed by atoms with Crippen LogP contribution in [-0.2, 0) is 19.3 Å². The molecular weight excluding hydrogens is 351 g/mol. The van der Waals surface area contributed by atoms with Crippen molar-refractivity contribution in [2.24, 2.45) is 0 Å². The molecule has 3 rings (SSSR count). The lowest BCUT2D eigenvalue weighted by Gasteiger charge is -2.27. The van der Waals surface area contributed by atoms with Crippen molar-refractivity contribution in [1.29, 1.82) is 0 Å². The number of aryl methyl sites for hydroxylation is 3. The third-order valence-corrected chi connectivity index (χ3v) is 6.54. The number of fused-ring (bicyclic) bond motifs is 3. The summed E-state index contributed by atoms with van der Waals surface area (Å²) < 4.78 is 6.13. The predicted molar refractivity (Wildman–Crippen MR) is 117 cm³/mol. The molecule has 0 aliphatic carbocycles. The van der Waals surface area contributed by atoms with Crippen molar-refractivity contribution in [2.75, 3.05) is 0 Å². The van der Waals surface area contributed by atoms with Crippen LogP contribution in [-0.4, -0.2) is 4.89 Å². The number of hydrogen-bond acceptors (Lipinski definition) is 2. The summed E-state index contributed by atoms with van der Waals surface area (Å²) in [4.78, 5) is 10.8. The lowest BCUT2D eigenvalue weighted by molar-refractivity contribution is 0.493. The topological polar surface area (TPSA) is 29.5 Å². The molecule has 0 bridgehead atoms. The van der Waals surface area contributed by atoms with Crippen LogP contribution in [0.1, 0.15) is 76.0 Å². The third kappa shape index (κ3) is 4.73. The van der Waals surface area contributed by atoms with Crippen LogP contribution < -0.4 is 9.83 Å². The summed E-state index contributed by atoms with van der Waals surface area (Å²) in [5.41, 5.74) is 6.32. The molecule has 0 spiro atoms. The Labute approximate surface area is 165 Å². The first-order valence-corrected chi connectivity index (χ1v) is 11.8. The van der Waals surface area contributed by atoms with Crippen LogP contribution in [0, 0.1) is 0 Å². The Bertz CT molecular complexity index is 769. The maximum atomic E-state index is 10.8. The highest BCUT2D eigenvalue weighted by Crippen LogP contribution is 2.49. The van der Waals surface area contributed by atoms with Gasteiger partial charge in [0.2, 0.25) is 0 Å². The highest BCUT2D eigenvalue weighted by atomic mass is 31.2. The fourth-order valence-corrected chi connectivity index (χ4v) is 4.94. The van der Waals surface area contributed by atoms with E-state index in [-0.39, 0.29) is 0 Å². The van der Waals surface area contributed by atoms with Crippen LogP contribution in [0.2, 0.25) is 0 Å². The van der Waals surface area contributed by atoms with Gasteiger partial charge in [-0.1, -0.05) is 58.2 Å². The van der Waals surface area contributed by atoms with Gasteiger partial charge < -0.3 is 9.42 Å². The molecule has 0 saturated carbocycles. The van der Waals surface area contributed by atoms with E-state index >= 15 is 0 Å². The fourth-order valence-electron chi connectivity index (χ4n) is 3.78. The lowest BCUT2D eigenvalue weighted by atomic mass is 9.93. The highest BCUT2D eigenvalue weighted by molar-refractivity contribution is 7.56. The summed E-state index contributed by atoms with van der Waals surface area (Å²) in [6.45, 7) is 6.68. The summed E-state index contributed by atoms with van der Waals surface area (Å²) in [6, 6.07) is 11.2. The minimum Gasteiger partial charge on any atom is -0.443 e. The van der Waals surface area contributed by atoms with Gasteiger partial charge in [0.25, 0.3) is 8.38 Å². The van der Waals surface area contributed by atoms with Gasteiger partial charge >= 0.3 is 0 Å². The molecule has 2 aromatic rings. The third-order valence-electron chi connectivity index (χ3n) is 5.40. The second-order valence-corrected chi connectivity index (χ2v) is 8.87. The molecule has 2 nitrogen and oxygen atoms in total. The molecule has 0 radical (unpaired) electrons. The molecule has 1 unspecified atom stereocenters. The Balaban J connectivity index is 2.04. The van der Waals surface area contributed by atoms with Crippen LogP contribution in [0.3, 0.4) is 0 Å². The van der Waals surface area contributed by atoms with Crippen molar-refractivity contribution in [3.05, 3.63) is 47.0 Å². The van der Waals surface area contributed by atoms with Gasteiger partial charge in [0, 0.05) is 5.56 Å². The zero-order valence-electron chi connectivity index (χ0n) is 17.1. The molecule has 1 aliphatic rings. The molecule has 1 atom stereocenters. The van der Waals surface area contributed by atoms with Crippen LogP contribution in [0.4, 0.5) is 0 Å². The molecule has 0 aromatic heterocycles. The molecule has 0 fully saturated rings. The van der Waals surface area contributed by atoms with Gasteiger partial charge in [-0.3, -0.25) is 0 Å². The van der Waals surface area contributed by atoms with Gasteiger partial charge in [-0.2, -0.15) is 0 Å². The summed E-state index contributed by atoms with van der Waals surface area (Å²) in [5, 5.41) is 0.986. The van der Waals surface area contributed by atoms with E-state index in [0.29, 0.717) is 0 Å². The molecule has 1 heterocycles. The van der Waals surface area contributed by atoms with Crippen LogP contribution in [0.5, 0.6) is 5.75 Å². The van der Waals surface area contributed by atoms with Gasteiger partial charge in [0.15, 0.2) is 0 Å². The standard InChI is InChI=1S/C24H33O2P/c1-4-7-10-18-13-14-21-22-16-19(11-8-5-2)15-20(12-9-6-3)24(22)26-27(25)23(21)17-18/h13-17,25H,4-12H2,1-3H3. The fraction of sp³-hybridized carbons (Fsp3) is 0.500. The van der Waals surface area contributed by atoms with E-state index in [1.807, 2.05) is 0 Å². The second-order valence-electron chi connectivity index (χ2n) is 7.66. The van der Waals surface area contributed by atoms with Crippen molar-refractivity contribution < 1.29 is 9.42 Å². The number of unbranched alkanes of at least 4 members (excludes halogenated alkanes) is 3. The summed E-state index contributed by atoms with van der Waals surface area (Å²) >= 11 is 0. The largest absolute Gasteiger partial charge is 0.443 e. The molecule has 146 valence electrons. The van der Waals surface area contributed by atoms with E-state index in [0.717, 1.165) is 36.7 Å². The van der Waals surface area contributed by atoms with E-state index in [9.17, 15) is 4.89 Å². The molecule has 0 amide bonds. The second kappa shape index (κ2) is 9.71. The minimum atomic E-state index is -1.58. The predicted octanol–water partition coefficient (Wildman–Crippen LogP) is 6.70. The van der Waals surface area contributed by atoms with E-state index < -0.39 is 8.38 Å². The molecule has 27 heavy (non-hydrogen) atoms. The van der Waals surface area contributed by atoms with E-state index in [1.54, 1.807) is 0 Å². The van der Waals surface area contributed by atoms with Crippen molar-refractivity contribution in [2.45, 2.75) is 78.6 Å². The molecule has 2 aromatic carbocycles. The Morgan fingerprint density at radius 2 is 1.44 bits per heavy atom. The lowest BCUT2D eigenvalue weighted by Crippen LogP contribution is -2.16. The van der Waals surface area contributed by atoms with E-state index in [4.69, 9.17) is 4.52 Å². The smallest absolute Gasteiger partial charge is 0.262 e. The number of rotatable bonds is 9. The molecule has 1 N–H and O–H groups in total. The Kier molecular flexibility index (Phi) is 7.33. The summed E-state index contributed by atoms with van der Waals surface area (Å²) in [6.07, 6.45) is 10.3. The zero-order valence-corrected chi connectivity index (χ0v) is 17.9. The van der Waals surface area contributed by atoms with Crippen molar-refractivity contribution >= 4 is 13.7 Å². The molecule has 1 aliphatic heterocycles. The normalized spacial score (nSPS) is 15.2. The van der Waals surface area contributed by atoms with Gasteiger partial charge in [-0.05, 0) is 72.9 Å². The molecule has 0 saturated heterocycles. The first-order valence-electron chi connectivity index (χ1n) is 10.6. The monoisotopic (exact) mass is 384 g/mol. The molecule has 3 heteroatoms. The first kappa shape index (κ1) is 20.4. The van der Waals surface area contributed by atoms with Crippen LogP contribution in [0.25, 0.3) is 11.1 Å². The van der Waals surface area contributed by atoms with Gasteiger partial charge in [-0.15, -0.1) is 0 Å². The highest BCUT2D eigenvalue weighted by Gasteiger charge is 2.28. The van der Waals surface area contributed by atoms with Gasteiger partial charge in [-0.25, -0.2) is 0 Å². The van der Waals surface area contributed by atoms with E-state index in [2.05, 4.69) is 51.1 Å². The molecular formula is C24H33O2P. The number of benzene rings is 2. The zero-order chi connectivity index (χ0) is 19.2. The number of hydrogen-bond donors (Lipinski definition) is 1. The maximum absolute atomic E-state index is 10.8. The average molecular weight is 385 g/mol. The van der Waals surface area contributed by atoms with Crippen molar-refractivity contribution in [3.8, 4) is 16.9 Å². The van der Waals surface area contributed by atoms with E-state index in [1.165, 1.54) is 59.9 Å². The first-order chi connectivity index (χ1) is 13.2. The summed E-state index contributed by atoms with van der Waals surface area (Å²) in [5.74, 6) is 0.922. The van der Waals surface area contributed by atoms with Gasteiger partial charge in [0.1, 0.15) is 5.75 Å².